The second-order valence-electron chi connectivity index (χ2n) is 6.22. The third-order valence-electron chi connectivity index (χ3n) is 4.23. The number of aliphatic imine (C=N–C) groups is 1. The summed E-state index contributed by atoms with van der Waals surface area (Å²) in [6.45, 7) is 8.77. The largest absolute Gasteiger partial charge is 0.376 e. The van der Waals surface area contributed by atoms with E-state index in [1.807, 2.05) is 0 Å². The molecule has 2 heterocycles. The fourth-order valence-corrected chi connectivity index (χ4v) is 3.03. The SMILES string of the molecule is CC1CN(Cc2cccc(CNC3=NCCN3C)c2)CCO1. The molecule has 5 nitrogen and oxygen atoms in total. The minimum Gasteiger partial charge on any atom is -0.376 e. The first kappa shape index (κ1) is 15.3. The topological polar surface area (TPSA) is 40.1 Å². The summed E-state index contributed by atoms with van der Waals surface area (Å²) in [5.41, 5.74) is 2.68. The number of nitrogens with zero attached hydrogens (tertiary/aromatic N) is 3. The summed E-state index contributed by atoms with van der Waals surface area (Å²) in [6.07, 6.45) is 0.342. The van der Waals surface area contributed by atoms with E-state index in [1.54, 1.807) is 0 Å². The number of rotatable bonds is 4. The van der Waals surface area contributed by atoms with Crippen molar-refractivity contribution in [1.82, 2.24) is 15.1 Å². The van der Waals surface area contributed by atoms with Gasteiger partial charge in [0.15, 0.2) is 5.96 Å². The lowest BCUT2D eigenvalue weighted by molar-refractivity contribution is -0.0212. The predicted molar refractivity (Wildman–Crippen MR) is 88.9 cm³/mol. The molecule has 3 rings (SSSR count). The molecule has 120 valence electrons. The Kier molecular flexibility index (Phi) is 4.95. The highest BCUT2D eigenvalue weighted by Gasteiger charge is 2.16. The second-order valence-corrected chi connectivity index (χ2v) is 6.22. The summed E-state index contributed by atoms with van der Waals surface area (Å²) in [6, 6.07) is 8.83. The number of ether oxygens (including phenoxy) is 1. The van der Waals surface area contributed by atoms with E-state index in [9.17, 15) is 0 Å². The summed E-state index contributed by atoms with van der Waals surface area (Å²) in [5.74, 6) is 1.01. The summed E-state index contributed by atoms with van der Waals surface area (Å²) in [5, 5.41) is 3.43. The highest BCUT2D eigenvalue weighted by Crippen LogP contribution is 2.12. The van der Waals surface area contributed by atoms with Crippen LogP contribution in [0.25, 0.3) is 0 Å². The van der Waals surface area contributed by atoms with Gasteiger partial charge in [0.2, 0.25) is 0 Å². The summed E-state index contributed by atoms with van der Waals surface area (Å²) >= 11 is 0. The molecule has 0 radical (unpaired) electrons. The normalized spacial score (nSPS) is 22.7. The van der Waals surface area contributed by atoms with E-state index in [4.69, 9.17) is 4.74 Å². The first-order chi connectivity index (χ1) is 10.7. The van der Waals surface area contributed by atoms with Gasteiger partial charge in [-0.05, 0) is 18.1 Å². The van der Waals surface area contributed by atoms with Gasteiger partial charge in [-0.1, -0.05) is 24.3 Å². The average Bonchev–Trinajstić information content (AvgIpc) is 2.91. The third-order valence-corrected chi connectivity index (χ3v) is 4.23. The third kappa shape index (κ3) is 3.99. The quantitative estimate of drug-likeness (QED) is 0.910. The van der Waals surface area contributed by atoms with Crippen molar-refractivity contribution in [1.29, 1.82) is 0 Å². The summed E-state index contributed by atoms with van der Waals surface area (Å²) < 4.78 is 5.61. The monoisotopic (exact) mass is 302 g/mol. The van der Waals surface area contributed by atoms with Gasteiger partial charge in [0.05, 0.1) is 19.3 Å². The van der Waals surface area contributed by atoms with Crippen LogP contribution < -0.4 is 5.32 Å². The smallest absolute Gasteiger partial charge is 0.194 e. The van der Waals surface area contributed by atoms with Gasteiger partial charge in [0, 0.05) is 39.8 Å². The molecular formula is C17H26N4O. The van der Waals surface area contributed by atoms with Crippen LogP contribution in [0, 0.1) is 0 Å². The van der Waals surface area contributed by atoms with Crippen LogP contribution in [0.1, 0.15) is 18.1 Å². The number of hydrogen-bond donors (Lipinski definition) is 1. The zero-order valence-electron chi connectivity index (χ0n) is 13.6. The van der Waals surface area contributed by atoms with Crippen molar-refractivity contribution >= 4 is 5.96 Å². The Morgan fingerprint density at radius 2 is 2.18 bits per heavy atom. The maximum Gasteiger partial charge on any atom is 0.194 e. The molecule has 1 fully saturated rings. The fraction of sp³-hybridized carbons (Fsp3) is 0.588. The molecule has 1 atom stereocenters. The second kappa shape index (κ2) is 7.11. The molecule has 2 aliphatic rings. The molecule has 1 saturated heterocycles. The summed E-state index contributed by atoms with van der Waals surface area (Å²) in [4.78, 5) is 9.10. The average molecular weight is 302 g/mol. The number of guanidine groups is 1. The van der Waals surface area contributed by atoms with Gasteiger partial charge in [-0.25, -0.2) is 0 Å². The van der Waals surface area contributed by atoms with Gasteiger partial charge in [-0.15, -0.1) is 0 Å². The summed E-state index contributed by atoms with van der Waals surface area (Å²) in [7, 11) is 2.08. The molecule has 0 amide bonds. The zero-order chi connectivity index (χ0) is 15.4. The van der Waals surface area contributed by atoms with Crippen LogP contribution in [-0.4, -0.2) is 61.7 Å². The van der Waals surface area contributed by atoms with Gasteiger partial charge in [-0.2, -0.15) is 0 Å². The standard InChI is InChI=1S/C17H26N4O/c1-14-12-21(8-9-22-14)13-16-5-3-4-15(10-16)11-19-17-18-6-7-20(17)2/h3-5,10,14H,6-9,11-13H2,1-2H3,(H,18,19). The van der Waals surface area contributed by atoms with Crippen molar-refractivity contribution in [2.75, 3.05) is 39.8 Å². The van der Waals surface area contributed by atoms with Crippen LogP contribution in [-0.2, 0) is 17.8 Å². The minimum atomic E-state index is 0.342. The van der Waals surface area contributed by atoms with Gasteiger partial charge < -0.3 is 15.0 Å². The van der Waals surface area contributed by atoms with Crippen molar-refractivity contribution in [3.8, 4) is 0 Å². The van der Waals surface area contributed by atoms with E-state index in [0.29, 0.717) is 6.10 Å². The van der Waals surface area contributed by atoms with E-state index in [1.165, 1.54) is 11.1 Å². The number of likely N-dealkylation sites (N-methyl/N-ethyl adjacent to an activating group) is 1. The fourth-order valence-electron chi connectivity index (χ4n) is 3.03. The van der Waals surface area contributed by atoms with Crippen molar-refractivity contribution in [2.24, 2.45) is 4.99 Å². The lowest BCUT2D eigenvalue weighted by Gasteiger charge is -2.31. The van der Waals surface area contributed by atoms with E-state index in [-0.39, 0.29) is 0 Å². The minimum absolute atomic E-state index is 0.342. The van der Waals surface area contributed by atoms with Crippen LogP contribution in [0.2, 0.25) is 0 Å². The van der Waals surface area contributed by atoms with Gasteiger partial charge in [0.25, 0.3) is 0 Å². The number of nitrogens with one attached hydrogen (secondary N) is 1. The number of hydrogen-bond acceptors (Lipinski definition) is 5. The van der Waals surface area contributed by atoms with Crippen LogP contribution in [0.3, 0.4) is 0 Å². The molecule has 0 spiro atoms. The Labute approximate surface area is 133 Å². The molecule has 2 aliphatic heterocycles. The van der Waals surface area contributed by atoms with Crippen molar-refractivity contribution in [2.45, 2.75) is 26.1 Å². The van der Waals surface area contributed by atoms with Gasteiger partial charge in [-0.3, -0.25) is 9.89 Å². The highest BCUT2D eigenvalue weighted by molar-refractivity contribution is 5.81. The molecule has 0 aliphatic carbocycles. The first-order valence-corrected chi connectivity index (χ1v) is 8.12. The zero-order valence-corrected chi connectivity index (χ0v) is 13.6. The molecule has 22 heavy (non-hydrogen) atoms. The highest BCUT2D eigenvalue weighted by atomic mass is 16.5. The maximum atomic E-state index is 5.61. The van der Waals surface area contributed by atoms with E-state index in [2.05, 4.69) is 58.3 Å². The van der Waals surface area contributed by atoms with Crippen LogP contribution >= 0.6 is 0 Å². The first-order valence-electron chi connectivity index (χ1n) is 8.12. The van der Waals surface area contributed by atoms with Crippen molar-refractivity contribution in [3.05, 3.63) is 35.4 Å². The van der Waals surface area contributed by atoms with Crippen molar-refractivity contribution < 1.29 is 4.74 Å². The van der Waals surface area contributed by atoms with E-state index in [0.717, 1.165) is 51.8 Å². The van der Waals surface area contributed by atoms with Gasteiger partial charge in [0.1, 0.15) is 0 Å². The van der Waals surface area contributed by atoms with E-state index >= 15 is 0 Å². The molecule has 0 aromatic heterocycles. The molecule has 1 unspecified atom stereocenters. The number of benzene rings is 1. The maximum absolute atomic E-state index is 5.61. The molecule has 1 aromatic carbocycles. The molecule has 0 saturated carbocycles. The Bertz CT molecular complexity index is 531. The lowest BCUT2D eigenvalue weighted by Crippen LogP contribution is -2.40. The molecular weight excluding hydrogens is 276 g/mol. The Hall–Kier alpha value is -1.59. The van der Waals surface area contributed by atoms with Crippen molar-refractivity contribution in [3.63, 3.8) is 0 Å². The Morgan fingerprint density at radius 1 is 1.32 bits per heavy atom. The van der Waals surface area contributed by atoms with Crippen LogP contribution in [0.4, 0.5) is 0 Å². The van der Waals surface area contributed by atoms with Crippen LogP contribution in [0.5, 0.6) is 0 Å². The van der Waals surface area contributed by atoms with Crippen LogP contribution in [0.15, 0.2) is 29.3 Å². The molecule has 1 N–H and O–H groups in total. The number of morpholine rings is 1. The Balaban J connectivity index is 1.55. The van der Waals surface area contributed by atoms with E-state index < -0.39 is 0 Å². The molecule has 5 heteroatoms. The molecule has 1 aromatic rings. The predicted octanol–water partition coefficient (Wildman–Crippen LogP) is 1.30. The Morgan fingerprint density at radius 3 is 2.95 bits per heavy atom. The van der Waals surface area contributed by atoms with Gasteiger partial charge >= 0.3 is 0 Å². The lowest BCUT2D eigenvalue weighted by atomic mass is 10.1. The molecule has 0 bridgehead atoms.